The molecule has 0 spiro atoms. The zero-order valence-electron chi connectivity index (χ0n) is 16.6. The van der Waals surface area contributed by atoms with Gasteiger partial charge in [-0.25, -0.2) is 15.0 Å². The highest BCUT2D eigenvalue weighted by atomic mass is 16.4. The largest absolute Gasteiger partial charge is 0.478 e. The molecule has 0 aliphatic carbocycles. The third kappa shape index (κ3) is 6.10. The van der Waals surface area contributed by atoms with Gasteiger partial charge in [0.25, 0.3) is 5.91 Å². The Bertz CT molecular complexity index is 1170. The fraction of sp³-hybridized carbons (Fsp3) is 0. The van der Waals surface area contributed by atoms with Crippen LogP contribution in [0.3, 0.4) is 0 Å². The van der Waals surface area contributed by atoms with Crippen LogP contribution in [0.5, 0.6) is 0 Å². The second kappa shape index (κ2) is 10.3. The number of carbonyl (C=O) groups excluding carboxylic acids is 1. The van der Waals surface area contributed by atoms with Gasteiger partial charge in [0.2, 0.25) is 0 Å². The summed E-state index contributed by atoms with van der Waals surface area (Å²) in [7, 11) is 0. The maximum Gasteiger partial charge on any atom is 0.335 e. The second-order valence-electron chi connectivity index (χ2n) is 6.50. The predicted octanol–water partition coefficient (Wildman–Crippen LogP) is 3.29. The van der Waals surface area contributed by atoms with Crippen LogP contribution in [-0.2, 0) is 0 Å². The Balaban J connectivity index is 1.51. The molecule has 0 atom stereocenters. The summed E-state index contributed by atoms with van der Waals surface area (Å²) in [5.41, 5.74) is 8.01. The molecule has 0 aliphatic heterocycles. The van der Waals surface area contributed by atoms with Crippen molar-refractivity contribution in [3.8, 4) is 0 Å². The zero-order chi connectivity index (χ0) is 22.9. The molecule has 0 saturated carbocycles. The van der Waals surface area contributed by atoms with Gasteiger partial charge in [-0.2, -0.15) is 10.2 Å². The molecule has 0 heterocycles. The SMILES string of the molecule is O=C(O)c1ccc(C=NNC(=O)c2ccc(NN=Cc3ccc(C(=O)O)cc3)cc2)cc1. The van der Waals surface area contributed by atoms with E-state index in [1.54, 1.807) is 54.7 Å². The number of anilines is 1. The molecule has 0 unspecified atom stereocenters. The number of carbonyl (C=O) groups is 3. The first kappa shape index (κ1) is 21.9. The topological polar surface area (TPSA) is 140 Å². The second-order valence-corrected chi connectivity index (χ2v) is 6.50. The number of nitrogens with one attached hydrogen (secondary N) is 2. The van der Waals surface area contributed by atoms with E-state index in [0.29, 0.717) is 16.8 Å². The average Bonchev–Trinajstić information content (AvgIpc) is 2.80. The molecule has 3 aromatic rings. The normalized spacial score (nSPS) is 10.9. The van der Waals surface area contributed by atoms with Crippen molar-refractivity contribution in [1.29, 1.82) is 0 Å². The Hall–Kier alpha value is -4.79. The summed E-state index contributed by atoms with van der Waals surface area (Å²) in [4.78, 5) is 33.8. The van der Waals surface area contributed by atoms with Crippen LogP contribution in [0.1, 0.15) is 42.2 Å². The minimum Gasteiger partial charge on any atom is -0.478 e. The lowest BCUT2D eigenvalue weighted by atomic mass is 10.1. The van der Waals surface area contributed by atoms with Crippen LogP contribution < -0.4 is 10.9 Å². The summed E-state index contributed by atoms with van der Waals surface area (Å²) < 4.78 is 0. The third-order valence-corrected chi connectivity index (χ3v) is 4.25. The molecule has 0 aromatic heterocycles. The summed E-state index contributed by atoms with van der Waals surface area (Å²) in [6.45, 7) is 0. The number of aromatic carboxylic acids is 2. The highest BCUT2D eigenvalue weighted by molar-refractivity contribution is 5.95. The van der Waals surface area contributed by atoms with Gasteiger partial charge in [-0.05, 0) is 59.7 Å². The van der Waals surface area contributed by atoms with Crippen LogP contribution in [0.2, 0.25) is 0 Å². The van der Waals surface area contributed by atoms with E-state index in [9.17, 15) is 14.4 Å². The fourth-order valence-electron chi connectivity index (χ4n) is 2.53. The molecule has 0 radical (unpaired) electrons. The van der Waals surface area contributed by atoms with E-state index in [4.69, 9.17) is 10.2 Å². The molecule has 0 aliphatic rings. The lowest BCUT2D eigenvalue weighted by molar-refractivity contribution is 0.0686. The number of nitrogens with zero attached hydrogens (tertiary/aromatic N) is 2. The van der Waals surface area contributed by atoms with Gasteiger partial charge in [0.15, 0.2) is 0 Å². The number of carboxylic acids is 2. The van der Waals surface area contributed by atoms with E-state index in [-0.39, 0.29) is 11.1 Å². The molecule has 160 valence electrons. The lowest BCUT2D eigenvalue weighted by Gasteiger charge is -2.03. The van der Waals surface area contributed by atoms with Gasteiger partial charge in [-0.1, -0.05) is 24.3 Å². The van der Waals surface area contributed by atoms with Gasteiger partial charge in [0, 0.05) is 5.56 Å². The lowest BCUT2D eigenvalue weighted by Crippen LogP contribution is -2.17. The molecule has 9 heteroatoms. The number of carboxylic acid groups (broad SMARTS) is 2. The molecule has 4 N–H and O–H groups in total. The third-order valence-electron chi connectivity index (χ3n) is 4.25. The fourth-order valence-corrected chi connectivity index (χ4v) is 2.53. The Morgan fingerprint density at radius 1 is 0.625 bits per heavy atom. The molecule has 3 rings (SSSR count). The standard InChI is InChI=1S/C23H18N4O5/c28-21(27-25-14-16-3-7-19(8-4-16)23(31)32)17-9-11-20(12-10-17)26-24-13-15-1-5-18(6-2-15)22(29)30/h1-14,26H,(H,27,28)(H,29,30)(H,31,32). The molecule has 0 saturated heterocycles. The first-order chi connectivity index (χ1) is 15.4. The zero-order valence-corrected chi connectivity index (χ0v) is 16.6. The molecule has 32 heavy (non-hydrogen) atoms. The Morgan fingerprint density at radius 3 is 1.53 bits per heavy atom. The summed E-state index contributed by atoms with van der Waals surface area (Å²) >= 11 is 0. The molecule has 0 bridgehead atoms. The Kier molecular flexibility index (Phi) is 7.05. The summed E-state index contributed by atoms with van der Waals surface area (Å²) in [5, 5.41) is 25.7. The Morgan fingerprint density at radius 2 is 1.06 bits per heavy atom. The number of rotatable bonds is 8. The number of hydrazone groups is 2. The maximum absolute atomic E-state index is 12.2. The van der Waals surface area contributed by atoms with E-state index in [1.165, 1.54) is 30.5 Å². The van der Waals surface area contributed by atoms with Gasteiger partial charge < -0.3 is 10.2 Å². The van der Waals surface area contributed by atoms with Crippen molar-refractivity contribution in [3.63, 3.8) is 0 Å². The highest BCUT2D eigenvalue weighted by Gasteiger charge is 2.04. The van der Waals surface area contributed by atoms with Crippen LogP contribution in [0.15, 0.2) is 83.0 Å². The van der Waals surface area contributed by atoms with Crippen molar-refractivity contribution in [2.24, 2.45) is 10.2 Å². The molecular formula is C23H18N4O5. The van der Waals surface area contributed by atoms with Crippen molar-refractivity contribution in [2.45, 2.75) is 0 Å². The molecular weight excluding hydrogens is 412 g/mol. The number of amides is 1. The van der Waals surface area contributed by atoms with Gasteiger partial charge in [-0.15, -0.1) is 0 Å². The van der Waals surface area contributed by atoms with Crippen molar-refractivity contribution in [1.82, 2.24) is 5.43 Å². The highest BCUT2D eigenvalue weighted by Crippen LogP contribution is 2.10. The minimum absolute atomic E-state index is 0.167. The molecule has 0 fully saturated rings. The summed E-state index contributed by atoms with van der Waals surface area (Å²) in [5.74, 6) is -2.41. The van der Waals surface area contributed by atoms with E-state index < -0.39 is 17.8 Å². The maximum atomic E-state index is 12.2. The minimum atomic E-state index is -1.01. The van der Waals surface area contributed by atoms with E-state index in [0.717, 1.165) is 5.56 Å². The smallest absolute Gasteiger partial charge is 0.335 e. The Labute approximate surface area is 182 Å². The first-order valence-corrected chi connectivity index (χ1v) is 9.31. The van der Waals surface area contributed by atoms with Gasteiger partial charge in [-0.3, -0.25) is 10.2 Å². The van der Waals surface area contributed by atoms with E-state index in [2.05, 4.69) is 21.1 Å². The van der Waals surface area contributed by atoms with Crippen LogP contribution in [-0.4, -0.2) is 40.5 Å². The van der Waals surface area contributed by atoms with Crippen molar-refractivity contribution < 1.29 is 24.6 Å². The van der Waals surface area contributed by atoms with Gasteiger partial charge in [0.05, 0.1) is 29.2 Å². The molecule has 1 amide bonds. The number of hydrogen-bond acceptors (Lipinski definition) is 6. The number of hydrogen-bond donors (Lipinski definition) is 4. The van der Waals surface area contributed by atoms with Crippen LogP contribution in [0, 0.1) is 0 Å². The monoisotopic (exact) mass is 430 g/mol. The van der Waals surface area contributed by atoms with Crippen LogP contribution >= 0.6 is 0 Å². The van der Waals surface area contributed by atoms with Gasteiger partial charge >= 0.3 is 11.9 Å². The van der Waals surface area contributed by atoms with E-state index >= 15 is 0 Å². The van der Waals surface area contributed by atoms with E-state index in [1.807, 2.05) is 0 Å². The van der Waals surface area contributed by atoms with Crippen LogP contribution in [0.4, 0.5) is 5.69 Å². The van der Waals surface area contributed by atoms with Crippen molar-refractivity contribution in [2.75, 3.05) is 5.43 Å². The van der Waals surface area contributed by atoms with Crippen molar-refractivity contribution >= 4 is 36.0 Å². The summed E-state index contributed by atoms with van der Waals surface area (Å²) in [6, 6.07) is 18.9. The first-order valence-electron chi connectivity index (χ1n) is 9.31. The quantitative estimate of drug-likeness (QED) is 0.319. The number of benzene rings is 3. The van der Waals surface area contributed by atoms with Crippen LogP contribution in [0.25, 0.3) is 0 Å². The molecule has 9 nitrogen and oxygen atoms in total. The van der Waals surface area contributed by atoms with Gasteiger partial charge in [0.1, 0.15) is 0 Å². The average molecular weight is 430 g/mol. The molecule has 3 aromatic carbocycles. The predicted molar refractivity (Wildman–Crippen MR) is 120 cm³/mol. The van der Waals surface area contributed by atoms with Crippen molar-refractivity contribution in [3.05, 3.63) is 101 Å². The summed E-state index contributed by atoms with van der Waals surface area (Å²) in [6.07, 6.45) is 2.96.